The molecule has 0 unspecified atom stereocenters. The Morgan fingerprint density at radius 3 is 1.29 bits per heavy atom. The third kappa shape index (κ3) is 479. The molecule has 7 heavy (non-hydrogen) atoms. The number of rotatable bonds is 0. The van der Waals surface area contributed by atoms with E-state index < -0.39 is 6.16 Å². The number of hydrogen-bond donors (Lipinski definition) is 2. The van der Waals surface area contributed by atoms with Gasteiger partial charge in [0.05, 0.1) is 0 Å². The molecule has 0 bridgehead atoms. The number of carboxylic acid groups (broad SMARTS) is 2. The van der Waals surface area contributed by atoms with Crippen LogP contribution in [-0.4, -0.2) is 62.3 Å². The molecule has 0 aromatic heterocycles. The van der Waals surface area contributed by atoms with E-state index >= 15 is 0 Å². The molecule has 0 heterocycles. The largest absolute Gasteiger partial charge is 2.00 e. The Balaban J connectivity index is -0.0000000150. The van der Waals surface area contributed by atoms with E-state index in [4.69, 9.17) is 15.0 Å². The first-order chi connectivity index (χ1) is 1.73. The standard InChI is InChI=1S/CH2O3.Al.Mg.H2O.3H/c2-1(3)4;;;;;;/h(H2,2,3,4);;;1H2;;;/q;;+2;;;;. The van der Waals surface area contributed by atoms with Gasteiger partial charge in [-0.25, -0.2) is 4.79 Å². The predicted octanol–water partition coefficient (Wildman–Crippen LogP) is -2.17. The minimum absolute atomic E-state index is 0. The van der Waals surface area contributed by atoms with Crippen LogP contribution in [0.1, 0.15) is 0 Å². The summed E-state index contributed by atoms with van der Waals surface area (Å²) in [6.07, 6.45) is -1.83. The quantitative estimate of drug-likeness (QED) is 0.370. The van der Waals surface area contributed by atoms with Crippen molar-refractivity contribution in [2.45, 2.75) is 0 Å². The van der Waals surface area contributed by atoms with Crippen molar-refractivity contribution in [1.82, 2.24) is 0 Å². The fourth-order valence-corrected chi connectivity index (χ4v) is 0. The summed E-state index contributed by atoms with van der Waals surface area (Å²) < 4.78 is 0. The van der Waals surface area contributed by atoms with Crippen LogP contribution >= 0.6 is 0 Å². The van der Waals surface area contributed by atoms with Crippen molar-refractivity contribution < 1.29 is 20.5 Å². The smallest absolute Gasteiger partial charge is 0.450 e. The Kier molecular flexibility index (Phi) is 59.0. The minimum atomic E-state index is -1.83. The van der Waals surface area contributed by atoms with E-state index in [1.165, 1.54) is 0 Å². The van der Waals surface area contributed by atoms with Crippen LogP contribution in [0.2, 0.25) is 0 Å². The fourth-order valence-electron chi connectivity index (χ4n) is 0. The molecule has 38 valence electrons. The molecule has 0 aromatic rings. The van der Waals surface area contributed by atoms with Gasteiger partial charge in [-0.2, -0.15) is 0 Å². The SMILES string of the molecule is O.O=C(O)O.[AlH3].[Mg+2]. The van der Waals surface area contributed by atoms with Gasteiger partial charge < -0.3 is 15.7 Å². The molecule has 0 aromatic carbocycles. The third-order valence-corrected chi connectivity index (χ3v) is 0. The van der Waals surface area contributed by atoms with Crippen molar-refractivity contribution in [2.75, 3.05) is 0 Å². The zero-order chi connectivity index (χ0) is 3.58. The van der Waals surface area contributed by atoms with Crippen LogP contribution < -0.4 is 0 Å². The number of hydrogen-bond acceptors (Lipinski definition) is 1. The molecule has 0 amide bonds. The molecule has 4 nitrogen and oxygen atoms in total. The Labute approximate surface area is 67.1 Å². The monoisotopic (exact) mass is 134 g/mol. The van der Waals surface area contributed by atoms with E-state index in [0.717, 1.165) is 0 Å². The van der Waals surface area contributed by atoms with E-state index in [9.17, 15) is 0 Å². The van der Waals surface area contributed by atoms with E-state index in [1.807, 2.05) is 0 Å². The van der Waals surface area contributed by atoms with Gasteiger partial charge in [-0.05, 0) is 0 Å². The summed E-state index contributed by atoms with van der Waals surface area (Å²) in [5.41, 5.74) is 0. The Morgan fingerprint density at radius 2 is 1.29 bits per heavy atom. The second kappa shape index (κ2) is 16.0. The van der Waals surface area contributed by atoms with Gasteiger partial charge >= 0.3 is 29.2 Å². The second-order valence-electron chi connectivity index (χ2n) is 0.283. The van der Waals surface area contributed by atoms with Crippen molar-refractivity contribution in [2.24, 2.45) is 0 Å². The predicted molar refractivity (Wildman–Crippen MR) is 30.0 cm³/mol. The fraction of sp³-hybridized carbons (Fsp3) is 0. The van der Waals surface area contributed by atoms with E-state index in [2.05, 4.69) is 0 Å². The van der Waals surface area contributed by atoms with Crippen LogP contribution in [0.5, 0.6) is 0 Å². The topological polar surface area (TPSA) is 89.0 Å². The summed E-state index contributed by atoms with van der Waals surface area (Å²) in [4.78, 5) is 8.56. The maximum atomic E-state index is 8.56. The third-order valence-electron chi connectivity index (χ3n) is 0. The Morgan fingerprint density at radius 1 is 1.29 bits per heavy atom. The normalized spacial score (nSPS) is 3.43. The summed E-state index contributed by atoms with van der Waals surface area (Å²) >= 11 is 0. The van der Waals surface area contributed by atoms with Crippen molar-refractivity contribution in [3.63, 3.8) is 0 Å². The molecule has 0 aliphatic carbocycles. The van der Waals surface area contributed by atoms with E-state index in [0.29, 0.717) is 0 Å². The van der Waals surface area contributed by atoms with Crippen LogP contribution in [0.15, 0.2) is 0 Å². The van der Waals surface area contributed by atoms with Crippen LogP contribution in [0.25, 0.3) is 0 Å². The summed E-state index contributed by atoms with van der Waals surface area (Å²) in [5.74, 6) is 0. The average Bonchev–Trinajstić information content (AvgIpc) is 0.811. The van der Waals surface area contributed by atoms with Crippen molar-refractivity contribution >= 4 is 46.6 Å². The molecule has 6 heteroatoms. The molecule has 0 saturated carbocycles. The van der Waals surface area contributed by atoms with Crippen molar-refractivity contribution in [3.05, 3.63) is 0 Å². The molecule has 4 N–H and O–H groups in total. The first-order valence-electron chi connectivity index (χ1n) is 0.651. The van der Waals surface area contributed by atoms with Gasteiger partial charge in [-0.3, -0.25) is 0 Å². The molecular formula is CH7AlMgO4+2. The van der Waals surface area contributed by atoms with Gasteiger partial charge in [0.15, 0.2) is 17.4 Å². The molecule has 0 spiro atoms. The maximum Gasteiger partial charge on any atom is 2.00 e. The van der Waals surface area contributed by atoms with Gasteiger partial charge in [0, 0.05) is 0 Å². The van der Waals surface area contributed by atoms with Crippen LogP contribution in [0, 0.1) is 0 Å². The van der Waals surface area contributed by atoms with Gasteiger partial charge in [0.25, 0.3) is 0 Å². The summed E-state index contributed by atoms with van der Waals surface area (Å²) in [5, 5.41) is 13.9. The molecule has 0 rings (SSSR count). The summed E-state index contributed by atoms with van der Waals surface area (Å²) in [6.45, 7) is 0. The Bertz CT molecular complexity index is 34.7. The molecule has 0 aliphatic rings. The van der Waals surface area contributed by atoms with Crippen LogP contribution in [0.4, 0.5) is 4.79 Å². The molecule has 0 atom stereocenters. The molecular weight excluding hydrogens is 127 g/mol. The van der Waals surface area contributed by atoms with E-state index in [1.54, 1.807) is 0 Å². The minimum Gasteiger partial charge on any atom is -0.450 e. The Hall–Kier alpha value is 0.529. The van der Waals surface area contributed by atoms with Gasteiger partial charge in [-0.1, -0.05) is 0 Å². The van der Waals surface area contributed by atoms with Crippen LogP contribution in [0.3, 0.4) is 0 Å². The van der Waals surface area contributed by atoms with Gasteiger partial charge in [-0.15, -0.1) is 0 Å². The molecule has 0 saturated heterocycles. The molecule has 0 fully saturated rings. The zero-order valence-corrected chi connectivity index (χ0v) is 4.42. The zero-order valence-electron chi connectivity index (χ0n) is 3.01. The van der Waals surface area contributed by atoms with Gasteiger partial charge in [0.1, 0.15) is 0 Å². The van der Waals surface area contributed by atoms with E-state index in [-0.39, 0.29) is 45.9 Å². The first kappa shape index (κ1) is 25.8. The maximum absolute atomic E-state index is 8.56. The van der Waals surface area contributed by atoms with Crippen molar-refractivity contribution in [3.8, 4) is 0 Å². The number of carbonyl (C=O) groups is 1. The van der Waals surface area contributed by atoms with Crippen molar-refractivity contribution in [1.29, 1.82) is 0 Å². The first-order valence-corrected chi connectivity index (χ1v) is 0.651. The summed E-state index contributed by atoms with van der Waals surface area (Å²) in [7, 11) is 0. The van der Waals surface area contributed by atoms with Gasteiger partial charge in [0.2, 0.25) is 0 Å². The van der Waals surface area contributed by atoms with Crippen LogP contribution in [-0.2, 0) is 0 Å². The molecule has 0 aliphatic heterocycles. The molecule has 0 radical (unpaired) electrons. The summed E-state index contributed by atoms with van der Waals surface area (Å²) in [6, 6.07) is 0. The average molecular weight is 134 g/mol. The second-order valence-corrected chi connectivity index (χ2v) is 0.283.